The monoisotopic (exact) mass is 162 g/mol. The molecule has 0 saturated carbocycles. The Kier molecular flexibility index (Phi) is 1.80. The molecule has 2 aromatic heterocycles. The Morgan fingerprint density at radius 1 is 1.50 bits per heavy atom. The van der Waals surface area contributed by atoms with Crippen LogP contribution in [-0.2, 0) is 11.3 Å². The van der Waals surface area contributed by atoms with Gasteiger partial charge in [0.05, 0.1) is 6.61 Å². The van der Waals surface area contributed by atoms with Crippen molar-refractivity contribution in [1.82, 2.24) is 9.38 Å². The molecule has 0 aliphatic carbocycles. The highest BCUT2D eigenvalue weighted by Gasteiger charge is 1.99. The van der Waals surface area contributed by atoms with E-state index in [-0.39, 0.29) is 0 Å². The van der Waals surface area contributed by atoms with Gasteiger partial charge in [-0.25, -0.2) is 4.98 Å². The van der Waals surface area contributed by atoms with Crippen molar-refractivity contribution < 1.29 is 4.74 Å². The number of hydrogen-bond donors (Lipinski definition) is 0. The lowest BCUT2D eigenvalue weighted by Crippen LogP contribution is -1.92. The molecule has 0 radical (unpaired) electrons. The molecule has 2 heterocycles. The van der Waals surface area contributed by atoms with Crippen molar-refractivity contribution in [2.24, 2.45) is 0 Å². The zero-order chi connectivity index (χ0) is 8.39. The van der Waals surface area contributed by atoms with Crippen molar-refractivity contribution in [3.05, 3.63) is 36.3 Å². The molecule has 62 valence electrons. The number of pyridine rings is 1. The third-order valence-corrected chi connectivity index (χ3v) is 1.80. The van der Waals surface area contributed by atoms with Crippen LogP contribution in [0.5, 0.6) is 0 Å². The minimum absolute atomic E-state index is 0.612. The van der Waals surface area contributed by atoms with Crippen molar-refractivity contribution in [3.63, 3.8) is 0 Å². The Bertz CT molecular complexity index is 381. The van der Waals surface area contributed by atoms with Crippen molar-refractivity contribution in [2.75, 3.05) is 7.11 Å². The maximum atomic E-state index is 5.05. The van der Waals surface area contributed by atoms with Crippen LogP contribution in [0.15, 0.2) is 30.7 Å². The lowest BCUT2D eigenvalue weighted by Gasteiger charge is -2.00. The molecule has 0 amide bonds. The van der Waals surface area contributed by atoms with Crippen molar-refractivity contribution in [2.45, 2.75) is 6.61 Å². The van der Waals surface area contributed by atoms with Gasteiger partial charge in [-0.1, -0.05) is 6.07 Å². The predicted octanol–water partition coefficient (Wildman–Crippen LogP) is 1.48. The first-order chi connectivity index (χ1) is 5.92. The molecule has 0 unspecified atom stereocenters. The van der Waals surface area contributed by atoms with E-state index in [2.05, 4.69) is 4.98 Å². The van der Waals surface area contributed by atoms with Crippen LogP contribution in [0, 0.1) is 0 Å². The summed E-state index contributed by atoms with van der Waals surface area (Å²) in [6.07, 6.45) is 5.68. The standard InChI is InChI=1S/C9H10N2O/c1-12-7-8-3-2-5-11-6-4-10-9(8)11/h2-6H,7H2,1H3. The van der Waals surface area contributed by atoms with Gasteiger partial charge in [0.1, 0.15) is 5.65 Å². The number of methoxy groups -OCH3 is 1. The van der Waals surface area contributed by atoms with Crippen LogP contribution < -0.4 is 0 Å². The molecule has 0 N–H and O–H groups in total. The molecule has 0 aromatic carbocycles. The summed E-state index contributed by atoms with van der Waals surface area (Å²) in [5, 5.41) is 0. The normalized spacial score (nSPS) is 10.8. The molecule has 0 atom stereocenters. The lowest BCUT2D eigenvalue weighted by molar-refractivity contribution is 0.185. The van der Waals surface area contributed by atoms with E-state index in [1.807, 2.05) is 28.9 Å². The zero-order valence-electron chi connectivity index (χ0n) is 6.90. The van der Waals surface area contributed by atoms with Crippen LogP contribution >= 0.6 is 0 Å². The Labute approximate surface area is 70.6 Å². The van der Waals surface area contributed by atoms with Gasteiger partial charge in [-0.3, -0.25) is 0 Å². The van der Waals surface area contributed by atoms with Gasteiger partial charge in [0, 0.05) is 31.3 Å². The Morgan fingerprint density at radius 2 is 2.42 bits per heavy atom. The van der Waals surface area contributed by atoms with E-state index in [4.69, 9.17) is 4.74 Å². The molecule has 0 bridgehead atoms. The van der Waals surface area contributed by atoms with E-state index in [1.165, 1.54) is 0 Å². The summed E-state index contributed by atoms with van der Waals surface area (Å²) in [5.74, 6) is 0. The highest BCUT2D eigenvalue weighted by Crippen LogP contribution is 2.08. The van der Waals surface area contributed by atoms with Gasteiger partial charge < -0.3 is 9.14 Å². The SMILES string of the molecule is COCc1cccn2ccnc12. The Hall–Kier alpha value is -1.35. The molecule has 0 fully saturated rings. The van der Waals surface area contributed by atoms with E-state index in [1.54, 1.807) is 13.3 Å². The number of imidazole rings is 1. The molecule has 3 nitrogen and oxygen atoms in total. The summed E-state index contributed by atoms with van der Waals surface area (Å²) in [5.41, 5.74) is 2.09. The molecule has 0 aliphatic heterocycles. The maximum absolute atomic E-state index is 5.05. The predicted molar refractivity (Wildman–Crippen MR) is 45.9 cm³/mol. The van der Waals surface area contributed by atoms with Gasteiger partial charge in [0.15, 0.2) is 0 Å². The first-order valence-corrected chi connectivity index (χ1v) is 3.81. The van der Waals surface area contributed by atoms with E-state index >= 15 is 0 Å². The number of ether oxygens (including phenoxy) is 1. The third-order valence-electron chi connectivity index (χ3n) is 1.80. The summed E-state index contributed by atoms with van der Waals surface area (Å²) in [4.78, 5) is 4.22. The van der Waals surface area contributed by atoms with Crippen molar-refractivity contribution in [3.8, 4) is 0 Å². The minimum Gasteiger partial charge on any atom is -0.380 e. The van der Waals surface area contributed by atoms with Gasteiger partial charge in [-0.2, -0.15) is 0 Å². The Balaban J connectivity index is 2.57. The van der Waals surface area contributed by atoms with Crippen LogP contribution in [0.1, 0.15) is 5.56 Å². The summed E-state index contributed by atoms with van der Waals surface area (Å²) < 4.78 is 7.03. The number of nitrogens with zero attached hydrogens (tertiary/aromatic N) is 2. The van der Waals surface area contributed by atoms with Crippen LogP contribution in [0.2, 0.25) is 0 Å². The highest BCUT2D eigenvalue weighted by molar-refractivity contribution is 5.46. The number of rotatable bonds is 2. The molecule has 2 aromatic rings. The molecule has 0 aliphatic rings. The second-order valence-corrected chi connectivity index (χ2v) is 2.62. The van der Waals surface area contributed by atoms with Crippen LogP contribution in [0.25, 0.3) is 5.65 Å². The van der Waals surface area contributed by atoms with Crippen molar-refractivity contribution >= 4 is 5.65 Å². The van der Waals surface area contributed by atoms with E-state index in [0.717, 1.165) is 11.2 Å². The number of hydrogen-bond acceptors (Lipinski definition) is 2. The van der Waals surface area contributed by atoms with Gasteiger partial charge in [0.25, 0.3) is 0 Å². The lowest BCUT2D eigenvalue weighted by atomic mass is 10.3. The fraction of sp³-hybridized carbons (Fsp3) is 0.222. The van der Waals surface area contributed by atoms with Crippen LogP contribution in [0.3, 0.4) is 0 Å². The summed E-state index contributed by atoms with van der Waals surface area (Å²) in [6.45, 7) is 0.612. The Morgan fingerprint density at radius 3 is 3.25 bits per heavy atom. The van der Waals surface area contributed by atoms with Gasteiger partial charge in [-0.15, -0.1) is 0 Å². The van der Waals surface area contributed by atoms with Crippen molar-refractivity contribution in [1.29, 1.82) is 0 Å². The topological polar surface area (TPSA) is 26.5 Å². The summed E-state index contributed by atoms with van der Waals surface area (Å²) >= 11 is 0. The average Bonchev–Trinajstić information content (AvgIpc) is 2.53. The maximum Gasteiger partial charge on any atom is 0.142 e. The molecule has 0 saturated heterocycles. The number of fused-ring (bicyclic) bond motifs is 1. The minimum atomic E-state index is 0.612. The quantitative estimate of drug-likeness (QED) is 0.668. The first kappa shape index (κ1) is 7.31. The van der Waals surface area contributed by atoms with E-state index in [9.17, 15) is 0 Å². The highest BCUT2D eigenvalue weighted by atomic mass is 16.5. The van der Waals surface area contributed by atoms with Gasteiger partial charge >= 0.3 is 0 Å². The smallest absolute Gasteiger partial charge is 0.142 e. The fourth-order valence-electron chi connectivity index (χ4n) is 1.28. The largest absolute Gasteiger partial charge is 0.380 e. The van der Waals surface area contributed by atoms with Crippen LogP contribution in [-0.4, -0.2) is 16.5 Å². The average molecular weight is 162 g/mol. The van der Waals surface area contributed by atoms with E-state index < -0.39 is 0 Å². The van der Waals surface area contributed by atoms with E-state index in [0.29, 0.717) is 6.61 Å². The molecule has 12 heavy (non-hydrogen) atoms. The van der Waals surface area contributed by atoms with Crippen LogP contribution in [0.4, 0.5) is 0 Å². The third kappa shape index (κ3) is 1.08. The molecule has 3 heteroatoms. The fourth-order valence-corrected chi connectivity index (χ4v) is 1.28. The second kappa shape index (κ2) is 2.95. The molecular formula is C9H10N2O. The van der Waals surface area contributed by atoms with Gasteiger partial charge in [0.2, 0.25) is 0 Å². The zero-order valence-corrected chi connectivity index (χ0v) is 6.90. The van der Waals surface area contributed by atoms with Gasteiger partial charge in [-0.05, 0) is 6.07 Å². The summed E-state index contributed by atoms with van der Waals surface area (Å²) in [7, 11) is 1.69. The summed E-state index contributed by atoms with van der Waals surface area (Å²) in [6, 6.07) is 4.01. The number of aromatic nitrogens is 2. The first-order valence-electron chi connectivity index (χ1n) is 3.81. The second-order valence-electron chi connectivity index (χ2n) is 2.62. The molecular weight excluding hydrogens is 152 g/mol. The molecule has 2 rings (SSSR count). The molecule has 0 spiro atoms.